The Morgan fingerprint density at radius 1 is 1.17 bits per heavy atom. The van der Waals surface area contributed by atoms with Crippen molar-refractivity contribution in [3.63, 3.8) is 0 Å². The molecule has 0 bridgehead atoms. The smallest absolute Gasteiger partial charge is 0.116 e. The van der Waals surface area contributed by atoms with Crippen molar-refractivity contribution in [1.82, 2.24) is 19.7 Å². The molecule has 3 aromatic rings. The molecule has 1 atom stereocenters. The molecule has 1 N–H and O–H groups in total. The van der Waals surface area contributed by atoms with E-state index in [0.29, 0.717) is 5.92 Å². The lowest BCUT2D eigenvalue weighted by atomic mass is 10.0. The van der Waals surface area contributed by atoms with Crippen LogP contribution in [0.4, 0.5) is 0 Å². The Balaban J connectivity index is 1.83. The van der Waals surface area contributed by atoms with E-state index in [1.165, 1.54) is 16.6 Å². The van der Waals surface area contributed by atoms with Crippen LogP contribution in [0.3, 0.4) is 0 Å². The standard InChI is InChI=1S/C20H26N4/c1-5-16-12-21-10-9-17(16)15(4)22-13-18-19-8-6-7-11-24(19)20(23-18)14(2)3/h6-12,14-15,22H,5,13H2,1-4H3. The molecule has 0 saturated heterocycles. The Morgan fingerprint density at radius 3 is 2.75 bits per heavy atom. The van der Waals surface area contributed by atoms with Gasteiger partial charge in [-0.25, -0.2) is 4.98 Å². The molecule has 4 nitrogen and oxygen atoms in total. The van der Waals surface area contributed by atoms with E-state index in [4.69, 9.17) is 4.98 Å². The minimum absolute atomic E-state index is 0.269. The van der Waals surface area contributed by atoms with Crippen LogP contribution in [-0.2, 0) is 13.0 Å². The molecule has 0 aliphatic heterocycles. The first kappa shape index (κ1) is 16.7. The van der Waals surface area contributed by atoms with E-state index in [1.54, 1.807) is 0 Å². The summed E-state index contributed by atoms with van der Waals surface area (Å²) in [5.74, 6) is 1.52. The van der Waals surface area contributed by atoms with E-state index < -0.39 is 0 Å². The van der Waals surface area contributed by atoms with Crippen molar-refractivity contribution in [2.24, 2.45) is 0 Å². The number of hydrogen-bond acceptors (Lipinski definition) is 3. The molecular weight excluding hydrogens is 296 g/mol. The van der Waals surface area contributed by atoms with E-state index in [9.17, 15) is 0 Å². The quantitative estimate of drug-likeness (QED) is 0.737. The van der Waals surface area contributed by atoms with Gasteiger partial charge in [0.05, 0.1) is 11.2 Å². The molecule has 0 radical (unpaired) electrons. The zero-order valence-corrected chi connectivity index (χ0v) is 15.0. The molecule has 0 aliphatic rings. The maximum Gasteiger partial charge on any atom is 0.116 e. The Labute approximate surface area is 144 Å². The molecule has 3 aromatic heterocycles. The SMILES string of the molecule is CCc1cnccc1C(C)NCc1nc(C(C)C)n2ccccc12. The third-order valence-corrected chi connectivity index (χ3v) is 4.53. The highest BCUT2D eigenvalue weighted by Crippen LogP contribution is 2.21. The van der Waals surface area contributed by atoms with Gasteiger partial charge in [0.15, 0.2) is 0 Å². The normalized spacial score (nSPS) is 12.9. The predicted molar refractivity (Wildman–Crippen MR) is 98.2 cm³/mol. The second kappa shape index (κ2) is 7.14. The van der Waals surface area contributed by atoms with Gasteiger partial charge in [-0.3, -0.25) is 4.98 Å². The summed E-state index contributed by atoms with van der Waals surface area (Å²) in [5.41, 5.74) is 4.92. The molecule has 0 saturated carbocycles. The van der Waals surface area contributed by atoms with Crippen LogP contribution in [-0.4, -0.2) is 14.4 Å². The highest BCUT2D eigenvalue weighted by Gasteiger charge is 2.15. The molecule has 24 heavy (non-hydrogen) atoms. The summed E-state index contributed by atoms with van der Waals surface area (Å²) >= 11 is 0. The van der Waals surface area contributed by atoms with Crippen LogP contribution in [0.1, 0.15) is 62.3 Å². The van der Waals surface area contributed by atoms with Gasteiger partial charge >= 0.3 is 0 Å². The van der Waals surface area contributed by atoms with Gasteiger partial charge in [-0.05, 0) is 42.7 Å². The number of rotatable bonds is 6. The third kappa shape index (κ3) is 3.20. The van der Waals surface area contributed by atoms with Crippen molar-refractivity contribution in [3.05, 3.63) is 65.5 Å². The third-order valence-electron chi connectivity index (χ3n) is 4.53. The van der Waals surface area contributed by atoms with Crippen LogP contribution < -0.4 is 5.32 Å². The van der Waals surface area contributed by atoms with Gasteiger partial charge < -0.3 is 9.72 Å². The van der Waals surface area contributed by atoms with Crippen molar-refractivity contribution in [2.75, 3.05) is 0 Å². The second-order valence-corrected chi connectivity index (χ2v) is 6.56. The minimum atomic E-state index is 0.269. The lowest BCUT2D eigenvalue weighted by molar-refractivity contribution is 0.565. The first-order valence-corrected chi connectivity index (χ1v) is 8.73. The molecule has 0 spiro atoms. The summed E-state index contributed by atoms with van der Waals surface area (Å²) in [6, 6.07) is 8.66. The lowest BCUT2D eigenvalue weighted by Gasteiger charge is -2.16. The molecule has 1 unspecified atom stereocenters. The number of aromatic nitrogens is 3. The van der Waals surface area contributed by atoms with E-state index >= 15 is 0 Å². The molecule has 0 aliphatic carbocycles. The first-order valence-electron chi connectivity index (χ1n) is 8.73. The van der Waals surface area contributed by atoms with Crippen LogP contribution in [0.15, 0.2) is 42.9 Å². The molecule has 0 amide bonds. The van der Waals surface area contributed by atoms with Crippen LogP contribution in [0.5, 0.6) is 0 Å². The van der Waals surface area contributed by atoms with Gasteiger partial charge in [-0.1, -0.05) is 26.8 Å². The van der Waals surface area contributed by atoms with Crippen molar-refractivity contribution >= 4 is 5.52 Å². The van der Waals surface area contributed by atoms with Crippen LogP contribution >= 0.6 is 0 Å². The fourth-order valence-electron chi connectivity index (χ4n) is 3.18. The van der Waals surface area contributed by atoms with Crippen molar-refractivity contribution in [2.45, 2.75) is 52.6 Å². The first-order chi connectivity index (χ1) is 11.6. The zero-order valence-electron chi connectivity index (χ0n) is 15.0. The van der Waals surface area contributed by atoms with E-state index in [2.05, 4.69) is 72.9 Å². The fourth-order valence-corrected chi connectivity index (χ4v) is 3.18. The highest BCUT2D eigenvalue weighted by molar-refractivity contribution is 5.53. The summed E-state index contributed by atoms with van der Waals surface area (Å²) in [5, 5.41) is 3.63. The van der Waals surface area contributed by atoms with Gasteiger partial charge in [0.2, 0.25) is 0 Å². The Kier molecular flexibility index (Phi) is 4.95. The summed E-state index contributed by atoms with van der Waals surface area (Å²) < 4.78 is 2.20. The average Bonchev–Trinajstić information content (AvgIpc) is 2.99. The van der Waals surface area contributed by atoms with Gasteiger partial charge in [-0.2, -0.15) is 0 Å². The van der Waals surface area contributed by atoms with Gasteiger partial charge in [0.25, 0.3) is 0 Å². The molecule has 126 valence electrons. The van der Waals surface area contributed by atoms with E-state index in [1.807, 2.05) is 12.4 Å². The van der Waals surface area contributed by atoms with Crippen LogP contribution in [0.25, 0.3) is 5.52 Å². The molecule has 0 fully saturated rings. The number of hydrogen-bond donors (Lipinski definition) is 1. The number of pyridine rings is 2. The largest absolute Gasteiger partial charge is 0.304 e. The summed E-state index contributed by atoms with van der Waals surface area (Å²) in [4.78, 5) is 9.12. The molecule has 3 rings (SSSR count). The maximum absolute atomic E-state index is 4.89. The number of fused-ring (bicyclic) bond motifs is 1. The van der Waals surface area contributed by atoms with Crippen LogP contribution in [0, 0.1) is 0 Å². The molecule has 4 heteroatoms. The van der Waals surface area contributed by atoms with Crippen LogP contribution in [0.2, 0.25) is 0 Å². The average molecular weight is 322 g/mol. The van der Waals surface area contributed by atoms with Crippen molar-refractivity contribution in [1.29, 1.82) is 0 Å². The minimum Gasteiger partial charge on any atom is -0.304 e. The van der Waals surface area contributed by atoms with E-state index in [0.717, 1.165) is 24.5 Å². The maximum atomic E-state index is 4.89. The predicted octanol–water partition coefficient (Wildman–Crippen LogP) is 4.27. The Hall–Kier alpha value is -2.20. The topological polar surface area (TPSA) is 42.2 Å². The Morgan fingerprint density at radius 2 is 2.00 bits per heavy atom. The zero-order chi connectivity index (χ0) is 17.1. The molecule has 0 aromatic carbocycles. The van der Waals surface area contributed by atoms with E-state index in [-0.39, 0.29) is 6.04 Å². The Bertz CT molecular complexity index is 819. The number of nitrogens with zero attached hydrogens (tertiary/aromatic N) is 3. The van der Waals surface area contributed by atoms with Gasteiger partial charge in [0.1, 0.15) is 5.82 Å². The second-order valence-electron chi connectivity index (χ2n) is 6.56. The lowest BCUT2D eigenvalue weighted by Crippen LogP contribution is -2.19. The number of aryl methyl sites for hydroxylation is 1. The summed E-state index contributed by atoms with van der Waals surface area (Å²) in [7, 11) is 0. The van der Waals surface area contributed by atoms with Gasteiger partial charge in [0, 0.05) is 37.1 Å². The van der Waals surface area contributed by atoms with Gasteiger partial charge in [-0.15, -0.1) is 0 Å². The number of imidazole rings is 1. The summed E-state index contributed by atoms with van der Waals surface area (Å²) in [6.07, 6.45) is 6.94. The fraction of sp³-hybridized carbons (Fsp3) is 0.400. The molecular formula is C20H26N4. The van der Waals surface area contributed by atoms with Crippen molar-refractivity contribution < 1.29 is 0 Å². The van der Waals surface area contributed by atoms with Crippen molar-refractivity contribution in [3.8, 4) is 0 Å². The monoisotopic (exact) mass is 322 g/mol. The number of nitrogens with one attached hydrogen (secondary N) is 1. The summed E-state index contributed by atoms with van der Waals surface area (Å²) in [6.45, 7) is 9.51. The highest BCUT2D eigenvalue weighted by atomic mass is 15.0. The molecule has 3 heterocycles.